The van der Waals surface area contributed by atoms with Crippen molar-refractivity contribution in [3.05, 3.63) is 12.4 Å². The summed E-state index contributed by atoms with van der Waals surface area (Å²) in [5, 5.41) is 4.08. The summed E-state index contributed by atoms with van der Waals surface area (Å²) in [5.41, 5.74) is 5.43. The number of hydrogen-bond donors (Lipinski definition) is 1. The molecule has 2 rings (SSSR count). The van der Waals surface area contributed by atoms with Crippen LogP contribution in [0.4, 0.5) is 0 Å². The van der Waals surface area contributed by atoms with Crippen molar-refractivity contribution in [2.24, 2.45) is 5.73 Å². The van der Waals surface area contributed by atoms with Crippen LogP contribution in [0.3, 0.4) is 0 Å². The first-order chi connectivity index (χ1) is 9.57. The van der Waals surface area contributed by atoms with E-state index < -0.39 is 10.0 Å². The van der Waals surface area contributed by atoms with Crippen LogP contribution < -0.4 is 5.73 Å². The van der Waals surface area contributed by atoms with Crippen LogP contribution in [0.1, 0.15) is 19.8 Å². The molecule has 2 N–H and O–H groups in total. The molecule has 0 amide bonds. The molecule has 1 saturated heterocycles. The van der Waals surface area contributed by atoms with Gasteiger partial charge in [-0.3, -0.25) is 4.68 Å². The zero-order valence-corrected chi connectivity index (χ0v) is 12.6. The highest BCUT2D eigenvalue weighted by atomic mass is 32.2. The lowest BCUT2D eigenvalue weighted by Crippen LogP contribution is -2.45. The smallest absolute Gasteiger partial charge is 0.246 e. The maximum atomic E-state index is 12.5. The Hall–Kier alpha value is -0.960. The van der Waals surface area contributed by atoms with Gasteiger partial charge in [-0.2, -0.15) is 9.40 Å². The van der Waals surface area contributed by atoms with Gasteiger partial charge in [0, 0.05) is 25.8 Å². The van der Waals surface area contributed by atoms with Crippen LogP contribution in [0.25, 0.3) is 0 Å². The largest absolute Gasteiger partial charge is 0.375 e. The molecule has 0 aliphatic carbocycles. The average Bonchev–Trinajstić information content (AvgIpc) is 2.94. The van der Waals surface area contributed by atoms with Crippen LogP contribution in [0.5, 0.6) is 0 Å². The van der Waals surface area contributed by atoms with Gasteiger partial charge in [0.2, 0.25) is 10.0 Å². The van der Waals surface area contributed by atoms with E-state index in [1.54, 1.807) is 10.9 Å². The molecule has 0 saturated carbocycles. The summed E-state index contributed by atoms with van der Waals surface area (Å²) in [6.07, 6.45) is 4.54. The van der Waals surface area contributed by atoms with Gasteiger partial charge in [-0.25, -0.2) is 8.42 Å². The fourth-order valence-corrected chi connectivity index (χ4v) is 3.57. The van der Waals surface area contributed by atoms with Gasteiger partial charge in [0.05, 0.1) is 18.9 Å². The normalized spacial score (nSPS) is 21.2. The number of sulfonamides is 1. The monoisotopic (exact) mass is 302 g/mol. The minimum absolute atomic E-state index is 0.0224. The molecule has 1 atom stereocenters. The van der Waals surface area contributed by atoms with Gasteiger partial charge in [0.15, 0.2) is 0 Å². The summed E-state index contributed by atoms with van der Waals surface area (Å²) in [5.74, 6) is 0. The van der Waals surface area contributed by atoms with Crippen LogP contribution in [0.2, 0.25) is 0 Å². The maximum absolute atomic E-state index is 12.5. The lowest BCUT2D eigenvalue weighted by Gasteiger charge is -2.31. The van der Waals surface area contributed by atoms with E-state index >= 15 is 0 Å². The van der Waals surface area contributed by atoms with Crippen molar-refractivity contribution in [3.63, 3.8) is 0 Å². The second-order valence-electron chi connectivity index (χ2n) is 4.85. The van der Waals surface area contributed by atoms with Crippen LogP contribution in [0.15, 0.2) is 17.3 Å². The fourth-order valence-electron chi connectivity index (χ4n) is 2.16. The van der Waals surface area contributed by atoms with Gasteiger partial charge in [-0.1, -0.05) is 6.92 Å². The van der Waals surface area contributed by atoms with Crippen molar-refractivity contribution in [2.45, 2.75) is 37.3 Å². The summed E-state index contributed by atoms with van der Waals surface area (Å²) in [6.45, 7) is 4.43. The molecule has 2 heterocycles. The number of ether oxygens (including phenoxy) is 1. The van der Waals surface area contributed by atoms with Gasteiger partial charge >= 0.3 is 0 Å². The molecule has 0 aromatic carbocycles. The minimum Gasteiger partial charge on any atom is -0.375 e. The Morgan fingerprint density at radius 1 is 1.55 bits per heavy atom. The number of aromatic nitrogens is 2. The molecular weight excluding hydrogens is 280 g/mol. The molecule has 1 aliphatic heterocycles. The van der Waals surface area contributed by atoms with Gasteiger partial charge in [-0.15, -0.1) is 0 Å². The summed E-state index contributed by atoms with van der Waals surface area (Å²) in [6, 6.07) is 0. The maximum Gasteiger partial charge on any atom is 0.246 e. The second kappa shape index (κ2) is 6.66. The van der Waals surface area contributed by atoms with E-state index in [2.05, 4.69) is 5.10 Å². The summed E-state index contributed by atoms with van der Waals surface area (Å²) in [7, 11) is -3.47. The number of rotatable bonds is 6. The number of nitrogens with zero attached hydrogens (tertiary/aromatic N) is 3. The topological polar surface area (TPSA) is 90.5 Å². The van der Waals surface area contributed by atoms with E-state index in [4.69, 9.17) is 10.5 Å². The fraction of sp³-hybridized carbons (Fsp3) is 0.750. The van der Waals surface area contributed by atoms with Crippen molar-refractivity contribution in [2.75, 3.05) is 26.2 Å². The first-order valence-corrected chi connectivity index (χ1v) is 8.36. The predicted molar refractivity (Wildman–Crippen MR) is 74.7 cm³/mol. The lowest BCUT2D eigenvalue weighted by atomic mass is 10.2. The van der Waals surface area contributed by atoms with Crippen molar-refractivity contribution >= 4 is 10.0 Å². The van der Waals surface area contributed by atoms with E-state index in [0.717, 1.165) is 12.8 Å². The molecule has 114 valence electrons. The molecular formula is C12H22N4O3S. The highest BCUT2D eigenvalue weighted by Gasteiger charge is 2.30. The lowest BCUT2D eigenvalue weighted by molar-refractivity contribution is -0.00278. The number of nitrogens with two attached hydrogens (primary N) is 1. The SMILES string of the molecule is CCC1CN(S(=O)(=O)c2cnn(CCCN)c2)CCO1. The van der Waals surface area contributed by atoms with Gasteiger partial charge in [0.25, 0.3) is 0 Å². The molecule has 0 radical (unpaired) electrons. The highest BCUT2D eigenvalue weighted by Crippen LogP contribution is 2.19. The van der Waals surface area contributed by atoms with Gasteiger partial charge in [-0.05, 0) is 19.4 Å². The number of hydrogen-bond acceptors (Lipinski definition) is 5. The average molecular weight is 302 g/mol. The number of morpholine rings is 1. The van der Waals surface area contributed by atoms with Gasteiger partial charge in [0.1, 0.15) is 4.90 Å². The Balaban J connectivity index is 2.11. The van der Waals surface area contributed by atoms with E-state index in [-0.39, 0.29) is 11.0 Å². The number of aryl methyl sites for hydroxylation is 1. The molecule has 8 heteroatoms. The van der Waals surface area contributed by atoms with E-state index in [1.165, 1.54) is 10.5 Å². The second-order valence-corrected chi connectivity index (χ2v) is 6.78. The molecule has 0 spiro atoms. The zero-order chi connectivity index (χ0) is 14.6. The Morgan fingerprint density at radius 2 is 2.35 bits per heavy atom. The Bertz CT molecular complexity index is 529. The van der Waals surface area contributed by atoms with E-state index in [0.29, 0.717) is 32.8 Å². The molecule has 1 aliphatic rings. The summed E-state index contributed by atoms with van der Waals surface area (Å²) in [4.78, 5) is 0.242. The standard InChI is InChI=1S/C12H22N4O3S/c1-2-11-9-16(6-7-19-11)20(17,18)12-8-14-15(10-12)5-3-4-13/h8,10-11H,2-7,9,13H2,1H3. The van der Waals surface area contributed by atoms with Crippen molar-refractivity contribution in [3.8, 4) is 0 Å². The molecule has 1 unspecified atom stereocenters. The zero-order valence-electron chi connectivity index (χ0n) is 11.7. The summed E-state index contributed by atoms with van der Waals surface area (Å²) < 4.78 is 33.7. The minimum atomic E-state index is -3.47. The molecule has 1 aromatic heterocycles. The van der Waals surface area contributed by atoms with Crippen molar-refractivity contribution in [1.82, 2.24) is 14.1 Å². The molecule has 1 aromatic rings. The quantitative estimate of drug-likeness (QED) is 0.800. The highest BCUT2D eigenvalue weighted by molar-refractivity contribution is 7.89. The first-order valence-electron chi connectivity index (χ1n) is 6.92. The van der Waals surface area contributed by atoms with Crippen molar-refractivity contribution in [1.29, 1.82) is 0 Å². The molecule has 20 heavy (non-hydrogen) atoms. The molecule has 7 nitrogen and oxygen atoms in total. The van der Waals surface area contributed by atoms with E-state index in [9.17, 15) is 8.42 Å². The van der Waals surface area contributed by atoms with Crippen LogP contribution in [-0.2, 0) is 21.3 Å². The third kappa shape index (κ3) is 3.38. The third-order valence-corrected chi connectivity index (χ3v) is 5.21. The Kier molecular flexibility index (Phi) is 5.14. The Morgan fingerprint density at radius 3 is 3.05 bits per heavy atom. The first kappa shape index (κ1) is 15.4. The van der Waals surface area contributed by atoms with Crippen molar-refractivity contribution < 1.29 is 13.2 Å². The van der Waals surface area contributed by atoms with Crippen LogP contribution in [0, 0.1) is 0 Å². The van der Waals surface area contributed by atoms with Crippen LogP contribution in [-0.4, -0.2) is 54.8 Å². The third-order valence-electron chi connectivity index (χ3n) is 3.40. The van der Waals surface area contributed by atoms with E-state index in [1.807, 2.05) is 6.92 Å². The molecule has 0 bridgehead atoms. The summed E-state index contributed by atoms with van der Waals surface area (Å²) >= 11 is 0. The van der Waals surface area contributed by atoms with Gasteiger partial charge < -0.3 is 10.5 Å². The molecule has 1 fully saturated rings. The Labute approximate surface area is 119 Å². The van der Waals surface area contributed by atoms with Crippen LogP contribution >= 0.6 is 0 Å². The predicted octanol–water partition coefficient (Wildman–Crippen LogP) is 0.0314.